The molecule has 0 aromatic heterocycles. The Bertz CT molecular complexity index is 758. The summed E-state index contributed by atoms with van der Waals surface area (Å²) in [5.41, 5.74) is 2.04. The molecule has 0 bridgehead atoms. The molecule has 0 saturated carbocycles. The Morgan fingerprint density at radius 3 is 2.64 bits per heavy atom. The number of hydrogen-bond acceptors (Lipinski definition) is 4. The number of carbonyl (C=O) groups excluding carboxylic acids is 2. The van der Waals surface area contributed by atoms with Gasteiger partial charge in [0.2, 0.25) is 0 Å². The molecule has 1 atom stereocenters. The maximum atomic E-state index is 13.7. The summed E-state index contributed by atoms with van der Waals surface area (Å²) < 4.78 is 19.0. The fourth-order valence-corrected chi connectivity index (χ4v) is 2.92. The van der Waals surface area contributed by atoms with Crippen LogP contribution in [-0.2, 0) is 9.53 Å². The molecule has 0 aliphatic carbocycles. The van der Waals surface area contributed by atoms with E-state index in [9.17, 15) is 14.0 Å². The van der Waals surface area contributed by atoms with Crippen LogP contribution in [0, 0.1) is 11.2 Å². The number of halogens is 1. The molecule has 1 N–H and O–H groups in total. The van der Waals surface area contributed by atoms with E-state index in [0.717, 1.165) is 5.70 Å². The molecule has 1 aliphatic heterocycles. The van der Waals surface area contributed by atoms with Crippen LogP contribution in [0.25, 0.3) is 5.57 Å². The molecule has 1 aromatic rings. The Balaban J connectivity index is 2.53. The van der Waals surface area contributed by atoms with Crippen molar-refractivity contribution in [1.29, 1.82) is 0 Å². The van der Waals surface area contributed by atoms with Gasteiger partial charge in [-0.2, -0.15) is 0 Å². The van der Waals surface area contributed by atoms with Crippen molar-refractivity contribution in [2.45, 2.75) is 33.7 Å². The summed E-state index contributed by atoms with van der Waals surface area (Å²) in [6.07, 6.45) is 1.16. The molecule has 1 aliphatic rings. The van der Waals surface area contributed by atoms with Gasteiger partial charge in [-0.3, -0.25) is 0 Å². The van der Waals surface area contributed by atoms with Crippen LogP contribution in [0.3, 0.4) is 0 Å². The number of ether oxygens (including phenoxy) is 1. The zero-order chi connectivity index (χ0) is 18.8. The van der Waals surface area contributed by atoms with Gasteiger partial charge in [0, 0.05) is 18.3 Å². The van der Waals surface area contributed by atoms with E-state index in [4.69, 9.17) is 4.74 Å². The topological polar surface area (TPSA) is 58.6 Å². The third kappa shape index (κ3) is 3.91. The van der Waals surface area contributed by atoms with Gasteiger partial charge in [-0.25, -0.2) is 14.0 Å². The number of fused-ring (bicyclic) bond motifs is 1. The first-order valence-electron chi connectivity index (χ1n) is 8.06. The fourth-order valence-electron chi connectivity index (χ4n) is 2.92. The number of alkyl carbamates (subject to hydrolysis) is 1. The normalized spacial score (nSPS) is 15.0. The van der Waals surface area contributed by atoms with Crippen molar-refractivity contribution in [3.8, 4) is 0 Å². The van der Waals surface area contributed by atoms with Crippen molar-refractivity contribution in [3.63, 3.8) is 0 Å². The minimum absolute atomic E-state index is 0.144. The lowest BCUT2D eigenvalue weighted by Gasteiger charge is -2.43. The number of hydrogen-bond donors (Lipinski definition) is 1. The first-order chi connectivity index (χ1) is 11.7. The van der Waals surface area contributed by atoms with Crippen LogP contribution in [0.1, 0.15) is 33.3 Å². The van der Waals surface area contributed by atoms with Crippen LogP contribution in [-0.4, -0.2) is 31.7 Å². The summed E-state index contributed by atoms with van der Waals surface area (Å²) in [7, 11) is 1.50. The summed E-state index contributed by atoms with van der Waals surface area (Å²) in [4.78, 5) is 24.8. The molecule has 2 rings (SSSR count). The predicted molar refractivity (Wildman–Crippen MR) is 95.4 cm³/mol. The lowest BCUT2D eigenvalue weighted by atomic mass is 9.84. The highest BCUT2D eigenvalue weighted by Crippen LogP contribution is 2.40. The number of nitrogens with zero attached hydrogens (tertiary/aromatic N) is 1. The van der Waals surface area contributed by atoms with E-state index in [1.165, 1.54) is 19.2 Å². The molecule has 0 saturated heterocycles. The van der Waals surface area contributed by atoms with Crippen molar-refractivity contribution < 1.29 is 18.7 Å². The van der Waals surface area contributed by atoms with E-state index < -0.39 is 11.9 Å². The Kier molecular flexibility index (Phi) is 5.33. The molecule has 134 valence electrons. The number of rotatable bonds is 3. The van der Waals surface area contributed by atoms with Crippen molar-refractivity contribution in [2.75, 3.05) is 18.6 Å². The van der Waals surface area contributed by atoms with Crippen LogP contribution in [0.4, 0.5) is 14.9 Å². The van der Waals surface area contributed by atoms with Gasteiger partial charge in [0.15, 0.2) is 0 Å². The zero-order valence-corrected chi connectivity index (χ0v) is 15.1. The van der Waals surface area contributed by atoms with E-state index in [0.29, 0.717) is 16.8 Å². The lowest BCUT2D eigenvalue weighted by molar-refractivity contribution is 0.119. The number of nitrogens with one attached hydrogen (secondary N) is 1. The molecule has 1 unspecified atom stereocenters. The van der Waals surface area contributed by atoms with Crippen LogP contribution in [0.5, 0.6) is 0 Å². The zero-order valence-electron chi connectivity index (χ0n) is 15.1. The molecule has 25 heavy (non-hydrogen) atoms. The molecule has 6 heteroatoms. The molecule has 5 nitrogen and oxygen atoms in total. The summed E-state index contributed by atoms with van der Waals surface area (Å²) in [6, 6.07) is 4.10. The standard InChI is InChI=1S/C19H23FN2O3/c1-12-8-13(10-23)15-9-14(20)6-7-16(15)22(12)17(19(2,3)4)11-25-18(24)21-5/h6-9,17H,11H2,1-5H3,(H,21,24). The second-order valence-corrected chi connectivity index (χ2v) is 7.06. The van der Waals surface area contributed by atoms with E-state index in [-0.39, 0.29) is 18.1 Å². The van der Waals surface area contributed by atoms with Crippen LogP contribution in [0.2, 0.25) is 0 Å². The first-order valence-corrected chi connectivity index (χ1v) is 8.06. The number of carbonyl (C=O) groups is 1. The average Bonchev–Trinajstić information content (AvgIpc) is 2.54. The van der Waals surface area contributed by atoms with Crippen LogP contribution >= 0.6 is 0 Å². The largest absolute Gasteiger partial charge is 0.447 e. The molecule has 0 radical (unpaired) electrons. The van der Waals surface area contributed by atoms with Gasteiger partial charge in [0.25, 0.3) is 0 Å². The van der Waals surface area contributed by atoms with Gasteiger partial charge in [-0.05, 0) is 36.6 Å². The van der Waals surface area contributed by atoms with Gasteiger partial charge in [-0.15, -0.1) is 0 Å². The second kappa shape index (κ2) is 7.11. The van der Waals surface area contributed by atoms with Gasteiger partial charge in [0.1, 0.15) is 18.4 Å². The van der Waals surface area contributed by atoms with Crippen molar-refractivity contribution >= 4 is 23.3 Å². The van der Waals surface area contributed by atoms with Crippen LogP contribution in [0.15, 0.2) is 30.0 Å². The Labute approximate surface area is 147 Å². The molecular formula is C19H23FN2O3. The van der Waals surface area contributed by atoms with Gasteiger partial charge < -0.3 is 15.0 Å². The number of benzene rings is 1. The number of amides is 1. The van der Waals surface area contributed by atoms with E-state index in [1.54, 1.807) is 12.1 Å². The van der Waals surface area contributed by atoms with E-state index >= 15 is 0 Å². The van der Waals surface area contributed by atoms with Gasteiger partial charge in [-0.1, -0.05) is 20.8 Å². The van der Waals surface area contributed by atoms with E-state index in [2.05, 4.69) is 5.32 Å². The number of anilines is 1. The molecule has 0 spiro atoms. The third-order valence-electron chi connectivity index (χ3n) is 4.24. The van der Waals surface area contributed by atoms with Gasteiger partial charge >= 0.3 is 6.09 Å². The maximum absolute atomic E-state index is 13.7. The highest BCUT2D eigenvalue weighted by Gasteiger charge is 2.36. The van der Waals surface area contributed by atoms with Crippen molar-refractivity contribution in [3.05, 3.63) is 41.4 Å². The van der Waals surface area contributed by atoms with Crippen molar-refractivity contribution in [1.82, 2.24) is 5.32 Å². The minimum atomic E-state index is -0.513. The maximum Gasteiger partial charge on any atom is 0.406 e. The molecule has 0 fully saturated rings. The smallest absolute Gasteiger partial charge is 0.406 e. The Morgan fingerprint density at radius 1 is 1.40 bits per heavy atom. The average molecular weight is 346 g/mol. The minimum Gasteiger partial charge on any atom is -0.447 e. The van der Waals surface area contributed by atoms with E-state index in [1.807, 2.05) is 38.5 Å². The predicted octanol–water partition coefficient (Wildman–Crippen LogP) is 3.54. The van der Waals surface area contributed by atoms with Crippen molar-refractivity contribution in [2.24, 2.45) is 5.41 Å². The summed E-state index contributed by atoms with van der Waals surface area (Å²) >= 11 is 0. The Hall–Kier alpha value is -2.59. The highest BCUT2D eigenvalue weighted by atomic mass is 19.1. The first kappa shape index (κ1) is 18.7. The molecular weight excluding hydrogens is 323 g/mol. The Morgan fingerprint density at radius 2 is 2.08 bits per heavy atom. The summed E-state index contributed by atoms with van der Waals surface area (Å²) in [6.45, 7) is 8.11. The monoisotopic (exact) mass is 346 g/mol. The fraction of sp³-hybridized carbons (Fsp3) is 0.421. The highest BCUT2D eigenvalue weighted by molar-refractivity contribution is 6.00. The van der Waals surface area contributed by atoms with Gasteiger partial charge in [0.05, 0.1) is 17.3 Å². The summed E-state index contributed by atoms with van der Waals surface area (Å²) in [5, 5.41) is 2.43. The third-order valence-corrected chi connectivity index (χ3v) is 4.24. The molecule has 1 amide bonds. The molecule has 1 heterocycles. The quantitative estimate of drug-likeness (QED) is 0.851. The van der Waals surface area contributed by atoms with Crippen LogP contribution < -0.4 is 10.2 Å². The SMILES string of the molecule is CNC(=O)OCC(N1C(C)=CC(=C=O)c2cc(F)ccc21)C(C)(C)C. The summed E-state index contributed by atoms with van der Waals surface area (Å²) in [5.74, 6) is 1.45. The second-order valence-electron chi connectivity index (χ2n) is 7.06. The lowest BCUT2D eigenvalue weighted by Crippen LogP contribution is -2.48. The number of allylic oxidation sites excluding steroid dienone is 3. The molecule has 1 aromatic carbocycles.